The van der Waals surface area contributed by atoms with Crippen LogP contribution in [-0.4, -0.2) is 17.4 Å². The van der Waals surface area contributed by atoms with E-state index in [-0.39, 0.29) is 5.91 Å². The number of rotatable bonds is 6. The molecule has 4 heteroatoms. The summed E-state index contributed by atoms with van der Waals surface area (Å²) >= 11 is 0. The minimum Gasteiger partial charge on any atom is -0.355 e. The van der Waals surface area contributed by atoms with E-state index in [9.17, 15) is 4.79 Å². The summed E-state index contributed by atoms with van der Waals surface area (Å²) < 4.78 is 0. The highest BCUT2D eigenvalue weighted by molar-refractivity contribution is 5.78. The molecule has 2 aromatic rings. The van der Waals surface area contributed by atoms with Crippen LogP contribution in [0.5, 0.6) is 0 Å². The van der Waals surface area contributed by atoms with E-state index in [0.29, 0.717) is 19.5 Å². The maximum absolute atomic E-state index is 11.9. The number of nitrogens with two attached hydrogens (primary N) is 1. The highest BCUT2D eigenvalue weighted by Gasteiger charge is 2.06. The van der Waals surface area contributed by atoms with Gasteiger partial charge in [-0.2, -0.15) is 0 Å². The van der Waals surface area contributed by atoms with Crippen molar-refractivity contribution in [3.05, 3.63) is 65.5 Å². The van der Waals surface area contributed by atoms with Crippen LogP contribution in [0.3, 0.4) is 0 Å². The lowest BCUT2D eigenvalue weighted by Gasteiger charge is -2.08. The van der Waals surface area contributed by atoms with Gasteiger partial charge in [0.2, 0.25) is 5.91 Å². The quantitative estimate of drug-likeness (QED) is 0.834. The number of amides is 1. The zero-order valence-corrected chi connectivity index (χ0v) is 11.4. The van der Waals surface area contributed by atoms with Crippen LogP contribution < -0.4 is 11.1 Å². The van der Waals surface area contributed by atoms with Crippen molar-refractivity contribution < 1.29 is 4.79 Å². The lowest BCUT2D eigenvalue weighted by molar-refractivity contribution is -0.120. The smallest absolute Gasteiger partial charge is 0.224 e. The summed E-state index contributed by atoms with van der Waals surface area (Å²) in [5, 5.41) is 2.91. The average Bonchev–Trinajstić information content (AvgIpc) is 2.49. The Bertz CT molecular complexity index is 555. The molecule has 0 bridgehead atoms. The molecule has 3 N–H and O–H groups in total. The van der Waals surface area contributed by atoms with Gasteiger partial charge in [-0.15, -0.1) is 0 Å². The second kappa shape index (κ2) is 7.40. The van der Waals surface area contributed by atoms with E-state index >= 15 is 0 Å². The molecule has 0 atom stereocenters. The Morgan fingerprint density at radius 1 is 1.10 bits per heavy atom. The number of pyridine rings is 1. The normalized spacial score (nSPS) is 10.2. The van der Waals surface area contributed by atoms with Crippen LogP contribution in [0, 0.1) is 0 Å². The molecule has 104 valence electrons. The summed E-state index contributed by atoms with van der Waals surface area (Å²) in [4.78, 5) is 16.1. The fraction of sp³-hybridized carbons (Fsp3) is 0.250. The van der Waals surface area contributed by atoms with Crippen molar-refractivity contribution in [3.63, 3.8) is 0 Å². The monoisotopic (exact) mass is 269 g/mol. The summed E-state index contributed by atoms with van der Waals surface area (Å²) in [7, 11) is 0. The molecule has 0 aliphatic heterocycles. The maximum atomic E-state index is 11.9. The molecule has 0 radical (unpaired) electrons. The fourth-order valence-electron chi connectivity index (χ4n) is 2.04. The summed E-state index contributed by atoms with van der Waals surface area (Å²) in [6, 6.07) is 13.5. The SMILES string of the molecule is NCc1ccccc1CC(=O)NCCc1ccccn1. The molecule has 0 unspecified atom stereocenters. The molecule has 0 fully saturated rings. The average molecular weight is 269 g/mol. The summed E-state index contributed by atoms with van der Waals surface area (Å²) in [6.45, 7) is 1.05. The highest BCUT2D eigenvalue weighted by Crippen LogP contribution is 2.08. The van der Waals surface area contributed by atoms with Crippen LogP contribution in [0.25, 0.3) is 0 Å². The number of nitrogens with zero attached hydrogens (tertiary/aromatic N) is 1. The lowest BCUT2D eigenvalue weighted by Crippen LogP contribution is -2.27. The maximum Gasteiger partial charge on any atom is 0.224 e. The molecular weight excluding hydrogens is 250 g/mol. The molecule has 2 rings (SSSR count). The van der Waals surface area contributed by atoms with E-state index < -0.39 is 0 Å². The minimum atomic E-state index is 0.0156. The van der Waals surface area contributed by atoms with E-state index in [2.05, 4.69) is 10.3 Å². The van der Waals surface area contributed by atoms with Gasteiger partial charge in [-0.1, -0.05) is 30.3 Å². The Kier molecular flexibility index (Phi) is 5.26. The molecule has 4 nitrogen and oxygen atoms in total. The zero-order valence-electron chi connectivity index (χ0n) is 11.4. The van der Waals surface area contributed by atoms with E-state index in [1.165, 1.54) is 0 Å². The first-order chi connectivity index (χ1) is 9.79. The van der Waals surface area contributed by atoms with Crippen LogP contribution in [-0.2, 0) is 24.2 Å². The number of aromatic nitrogens is 1. The molecular formula is C16H19N3O. The molecule has 0 aliphatic carbocycles. The topological polar surface area (TPSA) is 68.0 Å². The van der Waals surface area contributed by atoms with E-state index in [1.54, 1.807) is 6.20 Å². The molecule has 0 aliphatic rings. The van der Waals surface area contributed by atoms with Gasteiger partial charge in [0.1, 0.15) is 0 Å². The molecule has 1 aromatic heterocycles. The van der Waals surface area contributed by atoms with Gasteiger partial charge < -0.3 is 11.1 Å². The van der Waals surface area contributed by atoms with Gasteiger partial charge in [0, 0.05) is 31.4 Å². The Morgan fingerprint density at radius 3 is 2.55 bits per heavy atom. The van der Waals surface area contributed by atoms with Crippen molar-refractivity contribution in [2.75, 3.05) is 6.54 Å². The first-order valence-electron chi connectivity index (χ1n) is 6.73. The zero-order chi connectivity index (χ0) is 14.2. The predicted octanol–water partition coefficient (Wildman–Crippen LogP) is 1.44. The van der Waals surface area contributed by atoms with Gasteiger partial charge in [0.15, 0.2) is 0 Å². The van der Waals surface area contributed by atoms with E-state index in [4.69, 9.17) is 5.73 Å². The van der Waals surface area contributed by atoms with Crippen LogP contribution in [0.1, 0.15) is 16.8 Å². The van der Waals surface area contributed by atoms with E-state index in [0.717, 1.165) is 23.2 Å². The Morgan fingerprint density at radius 2 is 1.85 bits per heavy atom. The third-order valence-corrected chi connectivity index (χ3v) is 3.12. The van der Waals surface area contributed by atoms with Crippen molar-refractivity contribution in [1.29, 1.82) is 0 Å². The first-order valence-corrected chi connectivity index (χ1v) is 6.73. The standard InChI is InChI=1S/C16H19N3O/c17-12-14-6-2-1-5-13(14)11-16(20)19-10-8-15-7-3-4-9-18-15/h1-7,9H,8,10-12,17H2,(H,19,20). The Balaban J connectivity index is 1.81. The van der Waals surface area contributed by atoms with Crippen LogP contribution >= 0.6 is 0 Å². The van der Waals surface area contributed by atoms with Crippen molar-refractivity contribution in [1.82, 2.24) is 10.3 Å². The van der Waals surface area contributed by atoms with Crippen molar-refractivity contribution in [3.8, 4) is 0 Å². The van der Waals surface area contributed by atoms with Gasteiger partial charge in [-0.3, -0.25) is 9.78 Å². The first kappa shape index (κ1) is 14.2. The van der Waals surface area contributed by atoms with E-state index in [1.807, 2.05) is 42.5 Å². The highest BCUT2D eigenvalue weighted by atomic mass is 16.1. The fourth-order valence-corrected chi connectivity index (χ4v) is 2.04. The Labute approximate surface area is 119 Å². The van der Waals surface area contributed by atoms with Gasteiger partial charge >= 0.3 is 0 Å². The summed E-state index contributed by atoms with van der Waals surface area (Å²) in [6.07, 6.45) is 2.87. The van der Waals surface area contributed by atoms with Crippen LogP contribution in [0.4, 0.5) is 0 Å². The second-order valence-corrected chi connectivity index (χ2v) is 4.57. The van der Waals surface area contributed by atoms with Crippen molar-refractivity contribution in [2.24, 2.45) is 5.73 Å². The summed E-state index contributed by atoms with van der Waals surface area (Å²) in [5.74, 6) is 0.0156. The van der Waals surface area contributed by atoms with Crippen molar-refractivity contribution >= 4 is 5.91 Å². The molecule has 1 heterocycles. The largest absolute Gasteiger partial charge is 0.355 e. The third kappa shape index (κ3) is 4.17. The number of hydrogen-bond donors (Lipinski definition) is 2. The number of carbonyl (C=O) groups is 1. The van der Waals surface area contributed by atoms with Gasteiger partial charge in [-0.05, 0) is 23.3 Å². The molecule has 20 heavy (non-hydrogen) atoms. The number of benzene rings is 1. The second-order valence-electron chi connectivity index (χ2n) is 4.57. The molecule has 1 aromatic carbocycles. The van der Waals surface area contributed by atoms with Crippen molar-refractivity contribution in [2.45, 2.75) is 19.4 Å². The molecule has 0 spiro atoms. The lowest BCUT2D eigenvalue weighted by atomic mass is 10.0. The summed E-state index contributed by atoms with van der Waals surface area (Å²) in [5.41, 5.74) is 8.66. The molecule has 0 saturated heterocycles. The number of carbonyl (C=O) groups excluding carboxylic acids is 1. The predicted molar refractivity (Wildman–Crippen MR) is 79.0 cm³/mol. The van der Waals surface area contributed by atoms with Gasteiger partial charge in [0.25, 0.3) is 0 Å². The van der Waals surface area contributed by atoms with Gasteiger partial charge in [0.05, 0.1) is 6.42 Å². The third-order valence-electron chi connectivity index (χ3n) is 3.12. The number of hydrogen-bond acceptors (Lipinski definition) is 3. The number of nitrogens with one attached hydrogen (secondary N) is 1. The van der Waals surface area contributed by atoms with Crippen LogP contribution in [0.15, 0.2) is 48.7 Å². The molecule has 0 saturated carbocycles. The van der Waals surface area contributed by atoms with Crippen LogP contribution in [0.2, 0.25) is 0 Å². The van der Waals surface area contributed by atoms with Gasteiger partial charge in [-0.25, -0.2) is 0 Å². The minimum absolute atomic E-state index is 0.0156. The molecule has 1 amide bonds. The Hall–Kier alpha value is -2.20.